The molecule has 1 aliphatic rings. The summed E-state index contributed by atoms with van der Waals surface area (Å²) in [4.78, 5) is 4.72. The molecule has 3 nitrogen and oxygen atoms in total. The standard InChI is InChI=1S/C20H24ClN3S/c1-15-6-8-17(9-7-15)14-23-10-12-24(13-11-23)20(25)22-19-5-3-4-18(21)16(19)2/h3-9H,10-14H2,1-2H3,(H,22,25). The van der Waals surface area contributed by atoms with Crippen LogP contribution in [0.15, 0.2) is 42.5 Å². The summed E-state index contributed by atoms with van der Waals surface area (Å²) in [5, 5.41) is 4.88. The second-order valence-electron chi connectivity index (χ2n) is 6.59. The molecule has 1 aliphatic heterocycles. The number of halogens is 1. The maximum Gasteiger partial charge on any atom is 0.173 e. The van der Waals surface area contributed by atoms with Crippen molar-refractivity contribution in [3.63, 3.8) is 0 Å². The van der Waals surface area contributed by atoms with E-state index in [1.807, 2.05) is 25.1 Å². The fraction of sp³-hybridized carbons (Fsp3) is 0.350. The van der Waals surface area contributed by atoms with Gasteiger partial charge >= 0.3 is 0 Å². The van der Waals surface area contributed by atoms with Gasteiger partial charge in [-0.25, -0.2) is 0 Å². The van der Waals surface area contributed by atoms with E-state index < -0.39 is 0 Å². The first-order chi connectivity index (χ1) is 12.0. The minimum absolute atomic E-state index is 0.760. The van der Waals surface area contributed by atoms with E-state index in [-0.39, 0.29) is 0 Å². The number of nitrogens with zero attached hydrogens (tertiary/aromatic N) is 2. The monoisotopic (exact) mass is 373 g/mol. The quantitative estimate of drug-likeness (QED) is 0.799. The molecule has 0 saturated carbocycles. The first-order valence-corrected chi connectivity index (χ1v) is 9.40. The number of piperazine rings is 1. The molecule has 5 heteroatoms. The van der Waals surface area contributed by atoms with Gasteiger partial charge in [0.05, 0.1) is 0 Å². The molecule has 0 radical (unpaired) electrons. The minimum Gasteiger partial charge on any atom is -0.346 e. The van der Waals surface area contributed by atoms with Crippen LogP contribution in [0.5, 0.6) is 0 Å². The van der Waals surface area contributed by atoms with Gasteiger partial charge in [-0.3, -0.25) is 4.90 Å². The number of hydrogen-bond acceptors (Lipinski definition) is 2. The zero-order chi connectivity index (χ0) is 17.8. The second-order valence-corrected chi connectivity index (χ2v) is 7.39. The van der Waals surface area contributed by atoms with E-state index in [1.54, 1.807) is 0 Å². The molecule has 1 saturated heterocycles. The summed E-state index contributed by atoms with van der Waals surface area (Å²) in [7, 11) is 0. The van der Waals surface area contributed by atoms with E-state index in [4.69, 9.17) is 23.8 Å². The maximum atomic E-state index is 6.19. The molecule has 0 spiro atoms. The van der Waals surface area contributed by atoms with E-state index in [9.17, 15) is 0 Å². The Kier molecular flexibility index (Phi) is 5.94. The van der Waals surface area contributed by atoms with Crippen molar-refractivity contribution in [2.24, 2.45) is 0 Å². The largest absolute Gasteiger partial charge is 0.346 e. The molecule has 2 aromatic rings. The fourth-order valence-corrected chi connectivity index (χ4v) is 3.46. The molecule has 0 amide bonds. The molecular formula is C20H24ClN3S. The zero-order valence-corrected chi connectivity index (χ0v) is 16.3. The Labute approximate surface area is 160 Å². The lowest BCUT2D eigenvalue weighted by Crippen LogP contribution is -2.49. The molecule has 0 bridgehead atoms. The lowest BCUT2D eigenvalue weighted by molar-refractivity contribution is 0.177. The average molecular weight is 374 g/mol. The predicted molar refractivity (Wildman–Crippen MR) is 110 cm³/mol. The number of thiocarbonyl (C=S) groups is 1. The van der Waals surface area contributed by atoms with Gasteiger partial charge in [-0.15, -0.1) is 0 Å². The first-order valence-electron chi connectivity index (χ1n) is 8.62. The highest BCUT2D eigenvalue weighted by Crippen LogP contribution is 2.23. The molecule has 3 rings (SSSR count). The number of benzene rings is 2. The van der Waals surface area contributed by atoms with Crippen molar-refractivity contribution in [2.75, 3.05) is 31.5 Å². The van der Waals surface area contributed by atoms with Crippen LogP contribution in [0, 0.1) is 13.8 Å². The summed E-state index contributed by atoms with van der Waals surface area (Å²) in [6.45, 7) is 9.05. The normalized spacial score (nSPS) is 15.2. The van der Waals surface area contributed by atoms with Gasteiger partial charge in [0.25, 0.3) is 0 Å². The van der Waals surface area contributed by atoms with Crippen molar-refractivity contribution in [3.8, 4) is 0 Å². The molecule has 132 valence electrons. The molecule has 0 aromatic heterocycles. The maximum absolute atomic E-state index is 6.19. The van der Waals surface area contributed by atoms with Crippen molar-refractivity contribution in [1.82, 2.24) is 9.80 Å². The molecule has 0 aliphatic carbocycles. The first kappa shape index (κ1) is 18.2. The molecule has 0 atom stereocenters. The molecule has 0 unspecified atom stereocenters. The number of nitrogens with one attached hydrogen (secondary N) is 1. The summed E-state index contributed by atoms with van der Waals surface area (Å²) < 4.78 is 0. The van der Waals surface area contributed by atoms with Gasteiger partial charge in [0.1, 0.15) is 0 Å². The van der Waals surface area contributed by atoms with Gasteiger partial charge in [-0.2, -0.15) is 0 Å². The Morgan fingerprint density at radius 2 is 1.72 bits per heavy atom. The number of aryl methyl sites for hydroxylation is 1. The Bertz CT molecular complexity index is 737. The van der Waals surface area contributed by atoms with Crippen LogP contribution in [0.2, 0.25) is 5.02 Å². The van der Waals surface area contributed by atoms with Gasteiger partial charge in [0.15, 0.2) is 5.11 Å². The van der Waals surface area contributed by atoms with E-state index in [2.05, 4.69) is 46.3 Å². The van der Waals surface area contributed by atoms with Crippen molar-refractivity contribution in [3.05, 3.63) is 64.2 Å². The fourth-order valence-electron chi connectivity index (χ4n) is 3.00. The zero-order valence-electron chi connectivity index (χ0n) is 14.8. The Hall–Kier alpha value is -1.62. The van der Waals surface area contributed by atoms with Crippen LogP contribution in [0.4, 0.5) is 5.69 Å². The average Bonchev–Trinajstić information content (AvgIpc) is 2.61. The lowest BCUT2D eigenvalue weighted by atomic mass is 10.1. The van der Waals surface area contributed by atoms with Crippen molar-refractivity contribution < 1.29 is 0 Å². The molecule has 1 fully saturated rings. The van der Waals surface area contributed by atoms with E-state index in [0.717, 1.165) is 54.1 Å². The summed E-state index contributed by atoms with van der Waals surface area (Å²) in [6.07, 6.45) is 0. The molecule has 2 aromatic carbocycles. The highest BCUT2D eigenvalue weighted by Gasteiger charge is 2.19. The SMILES string of the molecule is Cc1ccc(CN2CCN(C(=S)Nc3cccc(Cl)c3C)CC2)cc1. The van der Waals surface area contributed by atoms with Gasteiger partial charge in [0.2, 0.25) is 0 Å². The van der Waals surface area contributed by atoms with Gasteiger partial charge in [0, 0.05) is 43.4 Å². The molecule has 1 heterocycles. The van der Waals surface area contributed by atoms with Crippen molar-refractivity contribution in [1.29, 1.82) is 0 Å². The van der Waals surface area contributed by atoms with Crippen LogP contribution in [0.25, 0.3) is 0 Å². The number of hydrogen-bond donors (Lipinski definition) is 1. The predicted octanol–water partition coefficient (Wildman–Crippen LogP) is 4.47. The van der Waals surface area contributed by atoms with E-state index >= 15 is 0 Å². The van der Waals surface area contributed by atoms with Crippen LogP contribution in [0.3, 0.4) is 0 Å². The topological polar surface area (TPSA) is 18.5 Å². The van der Waals surface area contributed by atoms with Gasteiger partial charge in [-0.05, 0) is 49.3 Å². The van der Waals surface area contributed by atoms with Crippen LogP contribution < -0.4 is 5.32 Å². The number of rotatable bonds is 3. The third-order valence-electron chi connectivity index (χ3n) is 4.70. The van der Waals surface area contributed by atoms with Crippen molar-refractivity contribution >= 4 is 34.6 Å². The highest BCUT2D eigenvalue weighted by atomic mass is 35.5. The summed E-state index contributed by atoms with van der Waals surface area (Å²) in [5.74, 6) is 0. The van der Waals surface area contributed by atoms with E-state index in [1.165, 1.54) is 11.1 Å². The second kappa shape index (κ2) is 8.17. The Morgan fingerprint density at radius 3 is 2.40 bits per heavy atom. The minimum atomic E-state index is 0.760. The Balaban J connectivity index is 1.52. The third-order valence-corrected chi connectivity index (χ3v) is 5.47. The van der Waals surface area contributed by atoms with E-state index in [0.29, 0.717) is 0 Å². The molecular weight excluding hydrogens is 350 g/mol. The summed E-state index contributed by atoms with van der Waals surface area (Å²) >= 11 is 11.8. The third kappa shape index (κ3) is 4.72. The van der Waals surface area contributed by atoms with Crippen LogP contribution in [-0.2, 0) is 6.54 Å². The van der Waals surface area contributed by atoms with Crippen LogP contribution in [-0.4, -0.2) is 41.1 Å². The molecule has 1 N–H and O–H groups in total. The van der Waals surface area contributed by atoms with Gasteiger partial charge < -0.3 is 10.2 Å². The highest BCUT2D eigenvalue weighted by molar-refractivity contribution is 7.80. The summed E-state index contributed by atoms with van der Waals surface area (Å²) in [6, 6.07) is 14.7. The smallest absolute Gasteiger partial charge is 0.173 e. The molecule has 25 heavy (non-hydrogen) atoms. The van der Waals surface area contributed by atoms with Crippen LogP contribution >= 0.6 is 23.8 Å². The van der Waals surface area contributed by atoms with Crippen molar-refractivity contribution in [2.45, 2.75) is 20.4 Å². The number of anilines is 1. The lowest BCUT2D eigenvalue weighted by Gasteiger charge is -2.36. The van der Waals surface area contributed by atoms with Gasteiger partial charge in [-0.1, -0.05) is 47.5 Å². The summed E-state index contributed by atoms with van der Waals surface area (Å²) in [5.41, 5.74) is 4.69. The van der Waals surface area contributed by atoms with Crippen LogP contribution in [0.1, 0.15) is 16.7 Å². The Morgan fingerprint density at radius 1 is 1.04 bits per heavy atom.